The summed E-state index contributed by atoms with van der Waals surface area (Å²) in [6.07, 6.45) is 1.06. The normalized spacial score (nSPS) is 21.4. The second-order valence-electron chi connectivity index (χ2n) is 4.15. The van der Waals surface area contributed by atoms with Gasteiger partial charge in [-0.2, -0.15) is 4.31 Å². The minimum Gasteiger partial charge on any atom is -0.395 e. The van der Waals surface area contributed by atoms with Crippen LogP contribution in [0.3, 0.4) is 0 Å². The molecule has 0 radical (unpaired) electrons. The van der Waals surface area contributed by atoms with Gasteiger partial charge in [-0.15, -0.1) is 0 Å². The largest absolute Gasteiger partial charge is 0.395 e. The molecule has 1 atom stereocenters. The van der Waals surface area contributed by atoms with Crippen molar-refractivity contribution in [2.45, 2.75) is 23.8 Å². The quantitative estimate of drug-likeness (QED) is 0.900. The molecule has 1 aliphatic rings. The minimum absolute atomic E-state index is 0.168. The van der Waals surface area contributed by atoms with Gasteiger partial charge in [0.15, 0.2) is 4.90 Å². The van der Waals surface area contributed by atoms with E-state index in [0.717, 1.165) is 22.5 Å². The van der Waals surface area contributed by atoms with Gasteiger partial charge >= 0.3 is 0 Å². The zero-order valence-electron chi connectivity index (χ0n) is 9.51. The number of aliphatic hydroxyl groups excluding tert-OH is 1. The third-order valence-corrected chi connectivity index (χ3v) is 5.02. The molecule has 0 spiro atoms. The van der Waals surface area contributed by atoms with Crippen LogP contribution in [0.5, 0.6) is 0 Å². The van der Waals surface area contributed by atoms with E-state index in [-0.39, 0.29) is 13.2 Å². The Bertz CT molecular complexity index is 527. The molecule has 1 heterocycles. The van der Waals surface area contributed by atoms with Gasteiger partial charge in [-0.3, -0.25) is 0 Å². The second kappa shape index (κ2) is 4.91. The second-order valence-corrected chi connectivity index (χ2v) is 5.97. The molecule has 100 valence electrons. The molecule has 1 unspecified atom stereocenters. The fraction of sp³-hybridized carbons (Fsp3) is 0.455. The predicted molar refractivity (Wildman–Crippen MR) is 60.4 cm³/mol. The Kier molecular flexibility index (Phi) is 3.65. The number of halogens is 2. The van der Waals surface area contributed by atoms with Gasteiger partial charge in [-0.1, -0.05) is 6.07 Å². The molecule has 0 saturated carbocycles. The maximum Gasteiger partial charge on any atom is 0.249 e. The Morgan fingerprint density at radius 1 is 1.33 bits per heavy atom. The van der Waals surface area contributed by atoms with Gasteiger partial charge in [-0.05, 0) is 25.0 Å². The smallest absolute Gasteiger partial charge is 0.249 e. The number of rotatable bonds is 3. The van der Waals surface area contributed by atoms with Crippen molar-refractivity contribution in [2.24, 2.45) is 0 Å². The third kappa shape index (κ3) is 2.13. The van der Waals surface area contributed by atoms with Crippen molar-refractivity contribution in [1.82, 2.24) is 4.31 Å². The van der Waals surface area contributed by atoms with Crippen molar-refractivity contribution < 1.29 is 22.3 Å². The molecule has 0 aliphatic carbocycles. The van der Waals surface area contributed by atoms with Crippen LogP contribution in [0.2, 0.25) is 0 Å². The molecule has 0 bridgehead atoms. The number of hydrogen-bond donors (Lipinski definition) is 1. The number of sulfonamides is 1. The van der Waals surface area contributed by atoms with Gasteiger partial charge in [-0.25, -0.2) is 17.2 Å². The summed E-state index contributed by atoms with van der Waals surface area (Å²) in [5, 5.41) is 9.09. The van der Waals surface area contributed by atoms with Crippen molar-refractivity contribution in [1.29, 1.82) is 0 Å². The maximum atomic E-state index is 13.5. The molecule has 2 rings (SSSR count). The van der Waals surface area contributed by atoms with E-state index < -0.39 is 32.6 Å². The molecule has 1 aliphatic heterocycles. The number of benzene rings is 1. The van der Waals surface area contributed by atoms with E-state index in [4.69, 9.17) is 5.11 Å². The first-order valence-corrected chi connectivity index (χ1v) is 6.99. The van der Waals surface area contributed by atoms with Crippen molar-refractivity contribution in [3.63, 3.8) is 0 Å². The first kappa shape index (κ1) is 13.4. The lowest BCUT2D eigenvalue weighted by molar-refractivity contribution is 0.213. The Morgan fingerprint density at radius 3 is 2.50 bits per heavy atom. The van der Waals surface area contributed by atoms with Crippen LogP contribution >= 0.6 is 0 Å². The SMILES string of the molecule is O=S(=O)(c1c(F)cccc1F)N1CCCC1CO. The molecule has 0 aromatic heterocycles. The van der Waals surface area contributed by atoms with E-state index >= 15 is 0 Å². The summed E-state index contributed by atoms with van der Waals surface area (Å²) >= 11 is 0. The summed E-state index contributed by atoms with van der Waals surface area (Å²) in [5.41, 5.74) is 0. The average Bonchev–Trinajstić information content (AvgIpc) is 2.77. The van der Waals surface area contributed by atoms with E-state index in [1.807, 2.05) is 0 Å². The summed E-state index contributed by atoms with van der Waals surface area (Å²) in [4.78, 5) is -0.939. The highest BCUT2D eigenvalue weighted by molar-refractivity contribution is 7.89. The van der Waals surface area contributed by atoms with Crippen LogP contribution in [0.1, 0.15) is 12.8 Å². The highest BCUT2D eigenvalue weighted by Gasteiger charge is 2.37. The van der Waals surface area contributed by atoms with Crippen LogP contribution in [0.4, 0.5) is 8.78 Å². The Morgan fingerprint density at radius 2 is 1.94 bits per heavy atom. The Hall–Kier alpha value is -1.05. The fourth-order valence-electron chi connectivity index (χ4n) is 2.15. The monoisotopic (exact) mass is 277 g/mol. The lowest BCUT2D eigenvalue weighted by Gasteiger charge is -2.22. The highest BCUT2D eigenvalue weighted by atomic mass is 32.2. The molecule has 1 fully saturated rings. The van der Waals surface area contributed by atoms with E-state index in [1.54, 1.807) is 0 Å². The molecule has 0 amide bonds. The summed E-state index contributed by atoms with van der Waals surface area (Å²) in [6, 6.07) is 2.31. The molecule has 7 heteroatoms. The van der Waals surface area contributed by atoms with Crippen LogP contribution in [0.15, 0.2) is 23.1 Å². The Balaban J connectivity index is 2.49. The number of nitrogens with zero attached hydrogens (tertiary/aromatic N) is 1. The molecule has 1 saturated heterocycles. The standard InChI is InChI=1S/C11H13F2NO3S/c12-9-4-1-5-10(13)11(9)18(16,17)14-6-2-3-8(14)7-15/h1,4-5,8,15H,2-3,6-7H2. The number of hydrogen-bond acceptors (Lipinski definition) is 3. The summed E-state index contributed by atoms with van der Waals surface area (Å²) in [7, 11) is -4.24. The van der Waals surface area contributed by atoms with Crippen LogP contribution in [0, 0.1) is 11.6 Å². The van der Waals surface area contributed by atoms with Crippen LogP contribution in [-0.2, 0) is 10.0 Å². The predicted octanol–water partition coefficient (Wildman–Crippen LogP) is 1.11. The summed E-state index contributed by atoms with van der Waals surface area (Å²) in [5.74, 6) is -2.22. The lowest BCUT2D eigenvalue weighted by atomic mass is 10.2. The van der Waals surface area contributed by atoms with Crippen molar-refractivity contribution in [2.75, 3.05) is 13.2 Å². The minimum atomic E-state index is -4.24. The Labute approximate surface area is 104 Å². The average molecular weight is 277 g/mol. The van der Waals surface area contributed by atoms with Crippen LogP contribution in [-0.4, -0.2) is 37.0 Å². The first-order chi connectivity index (χ1) is 8.48. The van der Waals surface area contributed by atoms with Crippen LogP contribution in [0.25, 0.3) is 0 Å². The molecule has 1 N–H and O–H groups in total. The highest BCUT2D eigenvalue weighted by Crippen LogP contribution is 2.28. The van der Waals surface area contributed by atoms with Gasteiger partial charge in [0.05, 0.1) is 6.61 Å². The van der Waals surface area contributed by atoms with Crippen LogP contribution < -0.4 is 0 Å². The van der Waals surface area contributed by atoms with Crippen molar-refractivity contribution in [3.8, 4) is 0 Å². The van der Waals surface area contributed by atoms with E-state index in [1.165, 1.54) is 0 Å². The summed E-state index contributed by atoms with van der Waals surface area (Å²) in [6.45, 7) is -0.184. The molecular formula is C11H13F2NO3S. The number of aliphatic hydroxyl groups is 1. The molecule has 1 aromatic rings. The zero-order valence-corrected chi connectivity index (χ0v) is 10.3. The molecular weight excluding hydrogens is 264 g/mol. The molecule has 4 nitrogen and oxygen atoms in total. The summed E-state index contributed by atoms with van der Waals surface area (Å²) < 4.78 is 52.4. The van der Waals surface area contributed by atoms with E-state index in [0.29, 0.717) is 12.8 Å². The van der Waals surface area contributed by atoms with E-state index in [2.05, 4.69) is 0 Å². The first-order valence-electron chi connectivity index (χ1n) is 5.55. The van der Waals surface area contributed by atoms with Crippen molar-refractivity contribution >= 4 is 10.0 Å². The lowest BCUT2D eigenvalue weighted by Crippen LogP contribution is -2.38. The third-order valence-electron chi connectivity index (χ3n) is 3.02. The fourth-order valence-corrected chi connectivity index (χ4v) is 3.95. The van der Waals surface area contributed by atoms with Gasteiger partial charge in [0.1, 0.15) is 11.6 Å². The van der Waals surface area contributed by atoms with E-state index in [9.17, 15) is 17.2 Å². The van der Waals surface area contributed by atoms with Gasteiger partial charge < -0.3 is 5.11 Å². The van der Waals surface area contributed by atoms with Gasteiger partial charge in [0.25, 0.3) is 0 Å². The maximum absolute atomic E-state index is 13.5. The molecule has 1 aromatic carbocycles. The van der Waals surface area contributed by atoms with Gasteiger partial charge in [0.2, 0.25) is 10.0 Å². The van der Waals surface area contributed by atoms with Gasteiger partial charge in [0, 0.05) is 12.6 Å². The van der Waals surface area contributed by atoms with Crippen molar-refractivity contribution in [3.05, 3.63) is 29.8 Å². The zero-order chi connectivity index (χ0) is 13.3. The molecule has 18 heavy (non-hydrogen) atoms. The topological polar surface area (TPSA) is 57.6 Å².